The lowest BCUT2D eigenvalue weighted by Gasteiger charge is -2.14. The highest BCUT2D eigenvalue weighted by Gasteiger charge is 2.08. The van der Waals surface area contributed by atoms with Crippen LogP contribution in [-0.2, 0) is 0 Å². The number of benzene rings is 1. The number of para-hydroxylation sites is 1. The molecule has 0 spiro atoms. The van der Waals surface area contributed by atoms with Crippen molar-refractivity contribution < 1.29 is 0 Å². The van der Waals surface area contributed by atoms with Crippen molar-refractivity contribution in [2.45, 2.75) is 12.3 Å². The monoisotopic (exact) mass is 266 g/mol. The molecule has 1 heterocycles. The van der Waals surface area contributed by atoms with Gasteiger partial charge in [0.2, 0.25) is 0 Å². The third kappa shape index (κ3) is 2.90. The second kappa shape index (κ2) is 5.39. The van der Waals surface area contributed by atoms with Crippen molar-refractivity contribution in [1.82, 2.24) is 4.98 Å². The summed E-state index contributed by atoms with van der Waals surface area (Å²) in [7, 11) is 0. The fraction of sp³-hybridized carbons (Fsp3) is 0.154. The zero-order chi connectivity index (χ0) is 12.3. The van der Waals surface area contributed by atoms with Crippen LogP contribution in [0.1, 0.15) is 17.9 Å². The number of alkyl halides is 1. The van der Waals surface area contributed by atoms with E-state index >= 15 is 0 Å². The van der Waals surface area contributed by atoms with Gasteiger partial charge in [-0.15, -0.1) is 11.6 Å². The Bertz CT molecular complexity index is 512. The van der Waals surface area contributed by atoms with E-state index in [1.807, 2.05) is 37.3 Å². The number of rotatable bonds is 3. The first kappa shape index (κ1) is 12.2. The molecule has 0 saturated carbocycles. The third-order valence-electron chi connectivity index (χ3n) is 2.43. The van der Waals surface area contributed by atoms with Crippen molar-refractivity contribution in [3.8, 4) is 0 Å². The van der Waals surface area contributed by atoms with Gasteiger partial charge in [0.15, 0.2) is 0 Å². The normalized spacial score (nSPS) is 12.2. The van der Waals surface area contributed by atoms with Crippen LogP contribution in [0.25, 0.3) is 0 Å². The first-order valence-electron chi connectivity index (χ1n) is 5.28. The Balaban J connectivity index is 2.34. The maximum atomic E-state index is 6.13. The van der Waals surface area contributed by atoms with Crippen molar-refractivity contribution in [3.63, 3.8) is 0 Å². The molecule has 1 aromatic carbocycles. The molecule has 17 heavy (non-hydrogen) atoms. The van der Waals surface area contributed by atoms with E-state index in [1.54, 1.807) is 12.4 Å². The zero-order valence-electron chi connectivity index (χ0n) is 9.32. The van der Waals surface area contributed by atoms with Crippen LogP contribution in [0.4, 0.5) is 11.4 Å². The van der Waals surface area contributed by atoms with E-state index in [2.05, 4.69) is 10.3 Å². The van der Waals surface area contributed by atoms with E-state index in [4.69, 9.17) is 23.2 Å². The fourth-order valence-corrected chi connectivity index (χ4v) is 1.94. The molecule has 0 aliphatic carbocycles. The van der Waals surface area contributed by atoms with Crippen molar-refractivity contribution in [2.24, 2.45) is 0 Å². The maximum Gasteiger partial charge on any atom is 0.0824 e. The number of anilines is 2. The number of nitrogens with one attached hydrogen (secondary N) is 1. The molecule has 1 unspecified atom stereocenters. The summed E-state index contributed by atoms with van der Waals surface area (Å²) >= 11 is 12.2. The van der Waals surface area contributed by atoms with Gasteiger partial charge in [0.1, 0.15) is 0 Å². The molecule has 0 bridgehead atoms. The van der Waals surface area contributed by atoms with E-state index in [0.29, 0.717) is 5.02 Å². The molecule has 2 rings (SSSR count). The van der Waals surface area contributed by atoms with E-state index in [9.17, 15) is 0 Å². The van der Waals surface area contributed by atoms with Crippen LogP contribution in [-0.4, -0.2) is 4.98 Å². The van der Waals surface area contributed by atoms with Crippen LogP contribution in [0.2, 0.25) is 5.02 Å². The smallest absolute Gasteiger partial charge is 0.0824 e. The topological polar surface area (TPSA) is 24.9 Å². The molecular formula is C13H12Cl2N2. The molecule has 0 radical (unpaired) electrons. The highest BCUT2D eigenvalue weighted by atomic mass is 35.5. The summed E-state index contributed by atoms with van der Waals surface area (Å²) in [6.07, 6.45) is 3.30. The van der Waals surface area contributed by atoms with Gasteiger partial charge < -0.3 is 5.32 Å². The number of pyridine rings is 1. The van der Waals surface area contributed by atoms with Crippen molar-refractivity contribution in [2.75, 3.05) is 5.32 Å². The highest BCUT2D eigenvalue weighted by Crippen LogP contribution is 2.31. The molecule has 1 atom stereocenters. The molecule has 0 saturated heterocycles. The molecule has 0 aliphatic heterocycles. The second-order valence-electron chi connectivity index (χ2n) is 3.68. The minimum atomic E-state index is -0.0562. The summed E-state index contributed by atoms with van der Waals surface area (Å²) in [5.41, 5.74) is 2.83. The summed E-state index contributed by atoms with van der Waals surface area (Å²) in [4.78, 5) is 3.95. The van der Waals surface area contributed by atoms with Gasteiger partial charge in [-0.3, -0.25) is 4.98 Å². The SMILES string of the molecule is CC(Cl)c1ccccc1Nc1ccncc1Cl. The molecule has 0 fully saturated rings. The zero-order valence-corrected chi connectivity index (χ0v) is 10.8. The number of aromatic nitrogens is 1. The summed E-state index contributed by atoms with van der Waals surface area (Å²) in [6, 6.07) is 9.73. The number of nitrogens with zero attached hydrogens (tertiary/aromatic N) is 1. The first-order chi connectivity index (χ1) is 8.18. The average Bonchev–Trinajstić information content (AvgIpc) is 2.32. The van der Waals surface area contributed by atoms with Crippen molar-refractivity contribution >= 4 is 34.6 Å². The van der Waals surface area contributed by atoms with Crippen LogP contribution in [0.3, 0.4) is 0 Å². The average molecular weight is 267 g/mol. The van der Waals surface area contributed by atoms with Gasteiger partial charge in [0, 0.05) is 18.1 Å². The Morgan fingerprint density at radius 1 is 1.18 bits per heavy atom. The number of hydrogen-bond donors (Lipinski definition) is 1. The van der Waals surface area contributed by atoms with Gasteiger partial charge in [-0.2, -0.15) is 0 Å². The first-order valence-corrected chi connectivity index (χ1v) is 6.09. The molecule has 1 N–H and O–H groups in total. The molecule has 88 valence electrons. The molecule has 0 amide bonds. The summed E-state index contributed by atoms with van der Waals surface area (Å²) in [5.74, 6) is 0. The number of hydrogen-bond acceptors (Lipinski definition) is 2. The van der Waals surface area contributed by atoms with Gasteiger partial charge in [-0.25, -0.2) is 0 Å². The molecule has 4 heteroatoms. The van der Waals surface area contributed by atoms with Gasteiger partial charge in [0.05, 0.1) is 16.1 Å². The predicted molar refractivity (Wildman–Crippen MR) is 73.2 cm³/mol. The highest BCUT2D eigenvalue weighted by molar-refractivity contribution is 6.33. The minimum absolute atomic E-state index is 0.0562. The Kier molecular flexibility index (Phi) is 3.87. The molecule has 1 aromatic heterocycles. The second-order valence-corrected chi connectivity index (χ2v) is 4.75. The van der Waals surface area contributed by atoms with Crippen LogP contribution < -0.4 is 5.32 Å². The summed E-state index contributed by atoms with van der Waals surface area (Å²) in [6.45, 7) is 1.94. The largest absolute Gasteiger partial charge is 0.354 e. The quantitative estimate of drug-likeness (QED) is 0.809. The third-order valence-corrected chi connectivity index (χ3v) is 2.97. The van der Waals surface area contributed by atoms with Gasteiger partial charge >= 0.3 is 0 Å². The predicted octanol–water partition coefficient (Wildman–Crippen LogP) is 4.78. The van der Waals surface area contributed by atoms with Gasteiger partial charge in [-0.05, 0) is 24.6 Å². The lowest BCUT2D eigenvalue weighted by molar-refractivity contribution is 1.09. The molecule has 2 aromatic rings. The standard InChI is InChI=1S/C13H12Cl2N2/c1-9(14)10-4-2-3-5-12(10)17-13-6-7-16-8-11(13)15/h2-9H,1H3,(H,16,17). The van der Waals surface area contributed by atoms with Gasteiger partial charge in [0.25, 0.3) is 0 Å². The van der Waals surface area contributed by atoms with Crippen LogP contribution in [0.5, 0.6) is 0 Å². The van der Waals surface area contributed by atoms with E-state index in [-0.39, 0.29) is 5.38 Å². The summed E-state index contributed by atoms with van der Waals surface area (Å²) in [5, 5.41) is 3.80. The van der Waals surface area contributed by atoms with Crippen molar-refractivity contribution in [1.29, 1.82) is 0 Å². The minimum Gasteiger partial charge on any atom is -0.354 e. The van der Waals surface area contributed by atoms with Gasteiger partial charge in [-0.1, -0.05) is 29.8 Å². The molecular weight excluding hydrogens is 255 g/mol. The van der Waals surface area contributed by atoms with E-state index in [1.165, 1.54) is 0 Å². The Labute approximate surface area is 111 Å². The van der Waals surface area contributed by atoms with Crippen LogP contribution in [0.15, 0.2) is 42.7 Å². The van der Waals surface area contributed by atoms with E-state index in [0.717, 1.165) is 16.9 Å². The maximum absolute atomic E-state index is 6.13. The van der Waals surface area contributed by atoms with E-state index < -0.39 is 0 Å². The Hall–Kier alpha value is -1.25. The number of halogens is 2. The lowest BCUT2D eigenvalue weighted by Crippen LogP contribution is -1.97. The fourth-order valence-electron chi connectivity index (χ4n) is 1.58. The van der Waals surface area contributed by atoms with Crippen LogP contribution >= 0.6 is 23.2 Å². The lowest BCUT2D eigenvalue weighted by atomic mass is 10.1. The van der Waals surface area contributed by atoms with Crippen LogP contribution in [0, 0.1) is 0 Å². The Morgan fingerprint density at radius 3 is 2.65 bits per heavy atom. The molecule has 2 nitrogen and oxygen atoms in total. The molecule has 0 aliphatic rings. The summed E-state index contributed by atoms with van der Waals surface area (Å²) < 4.78 is 0. The van der Waals surface area contributed by atoms with Crippen molar-refractivity contribution in [3.05, 3.63) is 53.3 Å². The Morgan fingerprint density at radius 2 is 1.94 bits per heavy atom.